The molecule has 0 amide bonds. The van der Waals surface area contributed by atoms with E-state index in [1.807, 2.05) is 0 Å². The van der Waals surface area contributed by atoms with Crippen molar-refractivity contribution in [2.45, 2.75) is 0 Å². The van der Waals surface area contributed by atoms with Crippen LogP contribution in [0.2, 0.25) is 0 Å². The molecule has 3 nitrogen and oxygen atoms in total. The van der Waals surface area contributed by atoms with Crippen LogP contribution in [0.15, 0.2) is 34.8 Å². The summed E-state index contributed by atoms with van der Waals surface area (Å²) < 4.78 is 13.4. The van der Waals surface area contributed by atoms with Crippen molar-refractivity contribution in [3.8, 4) is 0 Å². The van der Waals surface area contributed by atoms with Crippen molar-refractivity contribution in [1.82, 2.24) is 0 Å². The van der Waals surface area contributed by atoms with Crippen LogP contribution >= 0.6 is 15.9 Å². The molecule has 0 aromatic heterocycles. The molecule has 0 unspecified atom stereocenters. The van der Waals surface area contributed by atoms with Crippen LogP contribution in [0.1, 0.15) is 0 Å². The lowest BCUT2D eigenvalue weighted by Crippen LogP contribution is -1.99. The number of rotatable bonds is 4. The molecule has 0 heterocycles. The van der Waals surface area contributed by atoms with Crippen molar-refractivity contribution < 1.29 is 14.3 Å². The number of benzene rings is 1. The van der Waals surface area contributed by atoms with Crippen molar-refractivity contribution in [3.63, 3.8) is 0 Å². The van der Waals surface area contributed by atoms with Crippen LogP contribution in [0.3, 0.4) is 0 Å². The highest BCUT2D eigenvalue weighted by atomic mass is 79.9. The number of halogens is 2. The molecule has 1 rings (SSSR count). The molecular weight excluding hydrogens is 265 g/mol. The Bertz CT molecular complexity index is 393. The summed E-state index contributed by atoms with van der Waals surface area (Å²) >= 11 is 3.04. The third-order valence-electron chi connectivity index (χ3n) is 1.60. The van der Waals surface area contributed by atoms with Crippen LogP contribution in [0, 0.1) is 5.82 Å². The Morgan fingerprint density at radius 3 is 2.93 bits per heavy atom. The van der Waals surface area contributed by atoms with E-state index in [1.165, 1.54) is 12.1 Å². The molecule has 0 saturated heterocycles. The third-order valence-corrected chi connectivity index (χ3v) is 2.25. The highest BCUT2D eigenvalue weighted by Gasteiger charge is 1.98. The minimum atomic E-state index is -1.00. The molecule has 80 valence electrons. The molecule has 1 aromatic rings. The monoisotopic (exact) mass is 273 g/mol. The molecule has 0 radical (unpaired) electrons. The van der Waals surface area contributed by atoms with Crippen molar-refractivity contribution in [2.75, 3.05) is 11.9 Å². The van der Waals surface area contributed by atoms with Gasteiger partial charge in [0.2, 0.25) is 0 Å². The molecule has 0 aliphatic carbocycles. The standard InChI is InChI=1S/C10H9BrFNO2/c11-8-4-3-7(6-9(8)12)13-5-1-2-10(14)15/h1-4,6,13H,5H2,(H,14,15)/b2-1+. The van der Waals surface area contributed by atoms with Crippen molar-refractivity contribution in [3.05, 3.63) is 40.6 Å². The molecule has 0 bridgehead atoms. The number of hydrogen-bond donors (Lipinski definition) is 2. The SMILES string of the molecule is O=C(O)/C=C/CNc1ccc(Br)c(F)c1. The predicted octanol–water partition coefficient (Wildman–Crippen LogP) is 2.64. The summed E-state index contributed by atoms with van der Waals surface area (Å²) in [6, 6.07) is 4.61. The first-order valence-electron chi connectivity index (χ1n) is 4.18. The second kappa shape index (κ2) is 5.50. The number of anilines is 1. The Hall–Kier alpha value is -1.36. The van der Waals surface area contributed by atoms with Crippen LogP contribution in [0.25, 0.3) is 0 Å². The van der Waals surface area contributed by atoms with Crippen molar-refractivity contribution in [1.29, 1.82) is 0 Å². The molecule has 0 spiro atoms. The minimum Gasteiger partial charge on any atom is -0.478 e. The minimum absolute atomic E-state index is 0.341. The first-order chi connectivity index (χ1) is 7.09. The topological polar surface area (TPSA) is 49.3 Å². The Morgan fingerprint density at radius 2 is 2.33 bits per heavy atom. The molecule has 0 fully saturated rings. The zero-order valence-corrected chi connectivity index (χ0v) is 9.29. The number of carbonyl (C=O) groups is 1. The van der Waals surface area contributed by atoms with Gasteiger partial charge in [-0.25, -0.2) is 9.18 Å². The number of carboxylic acid groups (broad SMARTS) is 1. The van der Waals surface area contributed by atoms with E-state index in [0.717, 1.165) is 6.08 Å². The fraction of sp³-hybridized carbons (Fsp3) is 0.100. The maximum atomic E-state index is 13.0. The maximum absolute atomic E-state index is 13.0. The second-order valence-electron chi connectivity index (χ2n) is 2.75. The van der Waals surface area contributed by atoms with Gasteiger partial charge in [-0.3, -0.25) is 0 Å². The van der Waals surface area contributed by atoms with Crippen LogP contribution < -0.4 is 5.32 Å². The molecule has 15 heavy (non-hydrogen) atoms. The van der Waals surface area contributed by atoms with Gasteiger partial charge >= 0.3 is 5.97 Å². The van der Waals surface area contributed by atoms with Crippen LogP contribution in [-0.2, 0) is 4.79 Å². The zero-order valence-electron chi connectivity index (χ0n) is 7.71. The molecule has 5 heteroatoms. The number of hydrogen-bond acceptors (Lipinski definition) is 2. The Kier molecular flexibility index (Phi) is 4.30. The second-order valence-corrected chi connectivity index (χ2v) is 3.60. The quantitative estimate of drug-likeness (QED) is 0.830. The van der Waals surface area contributed by atoms with E-state index in [9.17, 15) is 9.18 Å². The maximum Gasteiger partial charge on any atom is 0.328 e. The summed E-state index contributed by atoms with van der Waals surface area (Å²) in [6.45, 7) is 0.341. The van der Waals surface area contributed by atoms with Crippen LogP contribution in [0.4, 0.5) is 10.1 Å². The number of aliphatic carboxylic acids is 1. The Labute approximate surface area is 94.7 Å². The summed E-state index contributed by atoms with van der Waals surface area (Å²) in [7, 11) is 0. The van der Waals surface area contributed by atoms with Gasteiger partial charge in [-0.05, 0) is 34.1 Å². The summed E-state index contributed by atoms with van der Waals surface area (Å²) in [6.07, 6.45) is 2.48. The lowest BCUT2D eigenvalue weighted by atomic mass is 10.3. The molecule has 0 aliphatic rings. The van der Waals surface area contributed by atoms with Gasteiger partial charge in [-0.1, -0.05) is 6.08 Å². The van der Waals surface area contributed by atoms with Crippen LogP contribution in [-0.4, -0.2) is 17.6 Å². The van der Waals surface area contributed by atoms with E-state index in [0.29, 0.717) is 16.7 Å². The summed E-state index contributed by atoms with van der Waals surface area (Å²) in [5.74, 6) is -1.36. The fourth-order valence-corrected chi connectivity index (χ4v) is 1.19. The van der Waals surface area contributed by atoms with E-state index in [-0.39, 0.29) is 5.82 Å². The average molecular weight is 274 g/mol. The molecule has 0 aliphatic heterocycles. The molecule has 2 N–H and O–H groups in total. The average Bonchev–Trinajstić information content (AvgIpc) is 2.18. The Morgan fingerprint density at radius 1 is 1.60 bits per heavy atom. The first kappa shape index (κ1) is 11.7. The number of nitrogens with one attached hydrogen (secondary N) is 1. The van der Waals surface area contributed by atoms with E-state index < -0.39 is 5.97 Å². The van der Waals surface area contributed by atoms with Gasteiger partial charge in [0.1, 0.15) is 5.82 Å². The van der Waals surface area contributed by atoms with E-state index in [1.54, 1.807) is 12.1 Å². The lowest BCUT2D eigenvalue weighted by molar-refractivity contribution is -0.131. The lowest BCUT2D eigenvalue weighted by Gasteiger charge is -2.03. The predicted molar refractivity (Wildman–Crippen MR) is 59.4 cm³/mol. The van der Waals surface area contributed by atoms with E-state index in [4.69, 9.17) is 5.11 Å². The number of carboxylic acids is 1. The smallest absolute Gasteiger partial charge is 0.328 e. The zero-order chi connectivity index (χ0) is 11.3. The van der Waals surface area contributed by atoms with Crippen molar-refractivity contribution in [2.24, 2.45) is 0 Å². The van der Waals surface area contributed by atoms with Gasteiger partial charge in [0.15, 0.2) is 0 Å². The summed E-state index contributed by atoms with van der Waals surface area (Å²) in [5, 5.41) is 11.2. The molecule has 1 aromatic carbocycles. The van der Waals surface area contributed by atoms with Gasteiger partial charge in [-0.15, -0.1) is 0 Å². The van der Waals surface area contributed by atoms with Gasteiger partial charge in [0.05, 0.1) is 4.47 Å². The molecular formula is C10H9BrFNO2. The van der Waals surface area contributed by atoms with Crippen molar-refractivity contribution >= 4 is 27.6 Å². The largest absolute Gasteiger partial charge is 0.478 e. The van der Waals surface area contributed by atoms with Gasteiger partial charge < -0.3 is 10.4 Å². The Balaban J connectivity index is 2.51. The molecule has 0 atom stereocenters. The highest BCUT2D eigenvalue weighted by molar-refractivity contribution is 9.10. The normalized spacial score (nSPS) is 10.5. The first-order valence-corrected chi connectivity index (χ1v) is 4.97. The summed E-state index contributed by atoms with van der Waals surface area (Å²) in [5.41, 5.74) is 0.603. The van der Waals surface area contributed by atoms with Gasteiger partial charge in [-0.2, -0.15) is 0 Å². The van der Waals surface area contributed by atoms with Gasteiger partial charge in [0.25, 0.3) is 0 Å². The summed E-state index contributed by atoms with van der Waals surface area (Å²) in [4.78, 5) is 10.1. The van der Waals surface area contributed by atoms with E-state index in [2.05, 4.69) is 21.2 Å². The fourth-order valence-electron chi connectivity index (χ4n) is 0.943. The third kappa shape index (κ3) is 4.12. The van der Waals surface area contributed by atoms with E-state index >= 15 is 0 Å². The molecule has 0 saturated carbocycles. The van der Waals surface area contributed by atoms with Gasteiger partial charge in [0, 0.05) is 18.3 Å². The highest BCUT2D eigenvalue weighted by Crippen LogP contribution is 2.18. The van der Waals surface area contributed by atoms with Crippen LogP contribution in [0.5, 0.6) is 0 Å².